The van der Waals surface area contributed by atoms with E-state index in [1.807, 2.05) is 0 Å². The van der Waals surface area contributed by atoms with E-state index in [2.05, 4.69) is 40.7 Å². The summed E-state index contributed by atoms with van der Waals surface area (Å²) in [7, 11) is 0. The Hall–Kier alpha value is -1.50. The number of piperidine rings is 1. The molecule has 7 heteroatoms. The molecular formula is C31H55NO5S. The molecular weight excluding hydrogens is 498 g/mol. The first-order valence-electron chi connectivity index (χ1n) is 15.0. The predicted octanol–water partition coefficient (Wildman–Crippen LogP) is 7.52. The molecule has 1 fully saturated rings. The Balaban J connectivity index is 2.20. The number of amides is 1. The number of carbonyl (C=O) groups excluding carboxylic acids is 1. The molecule has 1 aliphatic heterocycles. The maximum absolute atomic E-state index is 12.6. The van der Waals surface area contributed by atoms with E-state index in [9.17, 15) is 19.5 Å². The van der Waals surface area contributed by atoms with Crippen molar-refractivity contribution >= 4 is 29.6 Å². The molecule has 220 valence electrons. The molecule has 1 saturated heterocycles. The highest BCUT2D eigenvalue weighted by atomic mass is 32.2. The highest BCUT2D eigenvalue weighted by molar-refractivity contribution is 7.99. The molecule has 1 heterocycles. The number of likely N-dealkylation sites (tertiary alicyclic amines) is 1. The number of hydrogen-bond acceptors (Lipinski definition) is 4. The fourth-order valence-electron chi connectivity index (χ4n) is 5.15. The number of aliphatic carboxylic acids is 2. The number of carboxylic acids is 2. The number of allylic oxidation sites excluding steroid dienone is 1. The van der Waals surface area contributed by atoms with Crippen molar-refractivity contribution in [3.8, 4) is 0 Å². The molecule has 1 rings (SSSR count). The summed E-state index contributed by atoms with van der Waals surface area (Å²) in [5.41, 5.74) is 1.35. The summed E-state index contributed by atoms with van der Waals surface area (Å²) in [4.78, 5) is 37.0. The lowest BCUT2D eigenvalue weighted by atomic mass is 9.91. The SMILES string of the molecule is C/C(=C\CSCC(CC(=O)N1CCC(C(=O)O)CC1)C(=O)O)CCCC(C)CCCC(C)CCCC(C)C. The van der Waals surface area contributed by atoms with Gasteiger partial charge in [0, 0.05) is 31.0 Å². The molecule has 0 aliphatic carbocycles. The van der Waals surface area contributed by atoms with Crippen LogP contribution in [0.25, 0.3) is 0 Å². The van der Waals surface area contributed by atoms with Gasteiger partial charge in [0.25, 0.3) is 0 Å². The Labute approximate surface area is 236 Å². The van der Waals surface area contributed by atoms with Gasteiger partial charge in [-0.1, -0.05) is 84.3 Å². The molecule has 0 saturated carbocycles. The number of carboxylic acid groups (broad SMARTS) is 2. The van der Waals surface area contributed by atoms with Crippen molar-refractivity contribution in [2.75, 3.05) is 24.6 Å². The maximum atomic E-state index is 12.6. The number of nitrogens with zero attached hydrogens (tertiary/aromatic N) is 1. The Kier molecular flexibility index (Phi) is 17.8. The van der Waals surface area contributed by atoms with Gasteiger partial charge in [-0.15, -0.1) is 0 Å². The molecule has 1 aliphatic rings. The molecule has 0 spiro atoms. The maximum Gasteiger partial charge on any atom is 0.307 e. The Morgan fingerprint density at radius 1 is 0.895 bits per heavy atom. The number of thioether (sulfide) groups is 1. The van der Waals surface area contributed by atoms with Crippen LogP contribution in [0.3, 0.4) is 0 Å². The summed E-state index contributed by atoms with van der Waals surface area (Å²) < 4.78 is 0. The average Bonchev–Trinajstić information content (AvgIpc) is 2.85. The molecule has 3 unspecified atom stereocenters. The lowest BCUT2D eigenvalue weighted by molar-refractivity contribution is -0.147. The molecule has 0 aromatic rings. The minimum Gasteiger partial charge on any atom is -0.481 e. The first kappa shape index (κ1) is 34.5. The second-order valence-electron chi connectivity index (χ2n) is 12.2. The van der Waals surface area contributed by atoms with Crippen LogP contribution >= 0.6 is 11.8 Å². The van der Waals surface area contributed by atoms with Crippen molar-refractivity contribution in [1.82, 2.24) is 4.90 Å². The average molecular weight is 554 g/mol. The Morgan fingerprint density at radius 3 is 1.97 bits per heavy atom. The van der Waals surface area contributed by atoms with E-state index in [4.69, 9.17) is 5.11 Å². The van der Waals surface area contributed by atoms with E-state index < -0.39 is 23.8 Å². The topological polar surface area (TPSA) is 94.9 Å². The van der Waals surface area contributed by atoms with Gasteiger partial charge in [-0.25, -0.2) is 0 Å². The molecule has 3 atom stereocenters. The summed E-state index contributed by atoms with van der Waals surface area (Å²) in [6.45, 7) is 12.3. The van der Waals surface area contributed by atoms with Crippen LogP contribution in [0.2, 0.25) is 0 Å². The van der Waals surface area contributed by atoms with Gasteiger partial charge in [0.1, 0.15) is 0 Å². The fourth-order valence-corrected chi connectivity index (χ4v) is 6.24. The molecule has 0 aromatic carbocycles. The van der Waals surface area contributed by atoms with Gasteiger partial charge in [-0.2, -0.15) is 11.8 Å². The summed E-state index contributed by atoms with van der Waals surface area (Å²) >= 11 is 1.57. The second-order valence-corrected chi connectivity index (χ2v) is 13.3. The predicted molar refractivity (Wildman–Crippen MR) is 158 cm³/mol. The van der Waals surface area contributed by atoms with E-state index in [1.165, 1.54) is 56.9 Å². The largest absolute Gasteiger partial charge is 0.481 e. The van der Waals surface area contributed by atoms with Crippen molar-refractivity contribution in [2.45, 2.75) is 112 Å². The third-order valence-corrected chi connectivity index (χ3v) is 9.02. The minimum absolute atomic E-state index is 0.0165. The molecule has 6 nitrogen and oxygen atoms in total. The normalized spacial score (nSPS) is 17.4. The lowest BCUT2D eigenvalue weighted by Gasteiger charge is -2.30. The van der Waals surface area contributed by atoms with Gasteiger partial charge in [0.05, 0.1) is 11.8 Å². The van der Waals surface area contributed by atoms with Crippen molar-refractivity contribution in [3.63, 3.8) is 0 Å². The van der Waals surface area contributed by atoms with Crippen LogP contribution in [0.5, 0.6) is 0 Å². The number of hydrogen-bond donors (Lipinski definition) is 2. The van der Waals surface area contributed by atoms with E-state index in [1.54, 1.807) is 16.7 Å². The van der Waals surface area contributed by atoms with Gasteiger partial charge in [-0.05, 0) is 50.4 Å². The summed E-state index contributed by atoms with van der Waals surface area (Å²) in [5, 5.41) is 18.7. The van der Waals surface area contributed by atoms with Crippen LogP contribution in [0.1, 0.15) is 112 Å². The summed E-state index contributed by atoms with van der Waals surface area (Å²) in [6, 6.07) is 0. The second kappa shape index (κ2) is 19.5. The van der Waals surface area contributed by atoms with Crippen LogP contribution in [0.15, 0.2) is 11.6 Å². The standard InChI is InChI=1S/C31H55NO5S/c1-23(2)9-6-10-24(3)11-7-12-25(4)13-8-14-26(5)17-20-38-22-28(31(36)37)21-29(33)32-18-15-27(16-19-32)30(34)35/h17,23-25,27-28H,6-16,18-22H2,1-5H3,(H,34,35)(H,36,37)/b26-17+. The molecule has 0 aromatic heterocycles. The molecule has 2 N–H and O–H groups in total. The Bertz CT molecular complexity index is 730. The number of rotatable bonds is 20. The van der Waals surface area contributed by atoms with Crippen molar-refractivity contribution in [1.29, 1.82) is 0 Å². The van der Waals surface area contributed by atoms with Gasteiger partial charge in [0.2, 0.25) is 5.91 Å². The quantitative estimate of drug-likeness (QED) is 0.120. The zero-order chi connectivity index (χ0) is 28.5. The van der Waals surface area contributed by atoms with Crippen molar-refractivity contribution < 1.29 is 24.6 Å². The fraction of sp³-hybridized carbons (Fsp3) is 0.839. The van der Waals surface area contributed by atoms with E-state index in [-0.39, 0.29) is 12.3 Å². The molecule has 0 radical (unpaired) electrons. The van der Waals surface area contributed by atoms with Crippen molar-refractivity contribution in [2.24, 2.45) is 29.6 Å². The lowest BCUT2D eigenvalue weighted by Crippen LogP contribution is -2.41. The zero-order valence-electron chi connectivity index (χ0n) is 24.8. The van der Waals surface area contributed by atoms with Crippen LogP contribution in [-0.4, -0.2) is 57.6 Å². The van der Waals surface area contributed by atoms with Gasteiger partial charge in [-0.3, -0.25) is 14.4 Å². The van der Waals surface area contributed by atoms with Crippen LogP contribution in [-0.2, 0) is 14.4 Å². The van der Waals surface area contributed by atoms with Crippen LogP contribution < -0.4 is 0 Å². The van der Waals surface area contributed by atoms with E-state index in [0.717, 1.165) is 29.9 Å². The summed E-state index contributed by atoms with van der Waals surface area (Å²) in [5.74, 6) is 0.553. The minimum atomic E-state index is -0.939. The molecule has 0 bridgehead atoms. The Morgan fingerprint density at radius 2 is 1.45 bits per heavy atom. The van der Waals surface area contributed by atoms with Crippen LogP contribution in [0.4, 0.5) is 0 Å². The third-order valence-electron chi connectivity index (χ3n) is 7.98. The molecule has 38 heavy (non-hydrogen) atoms. The highest BCUT2D eigenvalue weighted by Gasteiger charge is 2.29. The smallest absolute Gasteiger partial charge is 0.307 e. The van der Waals surface area contributed by atoms with Crippen molar-refractivity contribution in [3.05, 3.63) is 11.6 Å². The van der Waals surface area contributed by atoms with Gasteiger partial charge >= 0.3 is 11.9 Å². The first-order chi connectivity index (χ1) is 18.0. The monoisotopic (exact) mass is 553 g/mol. The van der Waals surface area contributed by atoms with Gasteiger partial charge < -0.3 is 15.1 Å². The van der Waals surface area contributed by atoms with E-state index >= 15 is 0 Å². The van der Waals surface area contributed by atoms with Gasteiger partial charge in [0.15, 0.2) is 0 Å². The summed E-state index contributed by atoms with van der Waals surface area (Å²) in [6.07, 6.45) is 14.7. The third kappa shape index (κ3) is 15.8. The zero-order valence-corrected chi connectivity index (χ0v) is 25.6. The highest BCUT2D eigenvalue weighted by Crippen LogP contribution is 2.23. The molecule has 1 amide bonds. The first-order valence-corrected chi connectivity index (χ1v) is 16.1. The number of carbonyl (C=O) groups is 3. The van der Waals surface area contributed by atoms with E-state index in [0.29, 0.717) is 31.7 Å². The van der Waals surface area contributed by atoms with Crippen LogP contribution in [0, 0.1) is 29.6 Å².